The number of anilines is 1. The van der Waals surface area contributed by atoms with Gasteiger partial charge in [0.05, 0.1) is 23.3 Å². The second kappa shape index (κ2) is 9.84. The first-order valence-corrected chi connectivity index (χ1v) is 11.2. The molecule has 2 aromatic carbocycles. The number of aromatic carboxylic acids is 1. The zero-order chi connectivity index (χ0) is 23.5. The highest BCUT2D eigenvalue weighted by Gasteiger charge is 2.39. The van der Waals surface area contributed by atoms with Crippen molar-refractivity contribution in [3.05, 3.63) is 65.2 Å². The third kappa shape index (κ3) is 5.03. The van der Waals surface area contributed by atoms with Crippen LogP contribution in [0.25, 0.3) is 0 Å². The molecule has 0 aliphatic carbocycles. The Morgan fingerprint density at radius 2 is 1.53 bits per heavy atom. The molecule has 0 bridgehead atoms. The summed E-state index contributed by atoms with van der Waals surface area (Å²) < 4.78 is 5.83. The lowest BCUT2D eigenvalue weighted by molar-refractivity contribution is -0.00522. The van der Waals surface area contributed by atoms with Crippen LogP contribution in [0.15, 0.2) is 48.5 Å². The topological polar surface area (TPSA) is 70.1 Å². The van der Waals surface area contributed by atoms with Gasteiger partial charge in [-0.25, -0.2) is 4.79 Å². The van der Waals surface area contributed by atoms with Gasteiger partial charge in [0.2, 0.25) is 0 Å². The van der Waals surface area contributed by atoms with Gasteiger partial charge in [-0.2, -0.15) is 0 Å². The molecule has 1 saturated heterocycles. The van der Waals surface area contributed by atoms with Crippen LogP contribution in [0.4, 0.5) is 5.69 Å². The first-order chi connectivity index (χ1) is 15.2. The Morgan fingerprint density at radius 1 is 1.00 bits per heavy atom. The van der Waals surface area contributed by atoms with E-state index in [0.717, 1.165) is 24.3 Å². The molecule has 0 saturated carbocycles. The Labute approximate surface area is 190 Å². The summed E-state index contributed by atoms with van der Waals surface area (Å²) >= 11 is 0. The van der Waals surface area contributed by atoms with Crippen molar-refractivity contribution in [2.75, 3.05) is 32.1 Å². The number of Topliss-reactive ketones (excluding diaryl/α,β-unsaturated/α-hetero) is 1. The van der Waals surface area contributed by atoms with E-state index in [1.165, 1.54) is 0 Å². The normalized spacial score (nSPS) is 20.8. The Kier molecular flexibility index (Phi) is 7.36. The van der Waals surface area contributed by atoms with Gasteiger partial charge in [0.25, 0.3) is 0 Å². The number of benzene rings is 2. The number of carbonyl (C=O) groups excluding carboxylic acids is 1. The Hall–Kier alpha value is -2.70. The molecular formula is C26H34N2O4. The van der Waals surface area contributed by atoms with E-state index in [-0.39, 0.29) is 23.6 Å². The highest BCUT2D eigenvalue weighted by molar-refractivity contribution is 6.03. The van der Waals surface area contributed by atoms with Crippen molar-refractivity contribution in [1.29, 1.82) is 0 Å². The SMILES string of the molecule is CCC(Cc1ccc(C(=O)O)cc1)(C(=O)c1ccc(N2CC(C)OC(C)C2)cc1)N(C)C. The maximum absolute atomic E-state index is 13.7. The number of nitrogens with zero attached hydrogens (tertiary/aromatic N) is 2. The monoisotopic (exact) mass is 438 g/mol. The molecule has 1 N–H and O–H groups in total. The number of morpholine rings is 1. The van der Waals surface area contributed by atoms with Crippen molar-refractivity contribution in [2.24, 2.45) is 0 Å². The Bertz CT molecular complexity index is 929. The lowest BCUT2D eigenvalue weighted by Crippen LogP contribution is -2.52. The van der Waals surface area contributed by atoms with Crippen molar-refractivity contribution < 1.29 is 19.4 Å². The predicted molar refractivity (Wildman–Crippen MR) is 127 cm³/mol. The van der Waals surface area contributed by atoms with Gasteiger partial charge in [0.1, 0.15) is 0 Å². The average Bonchev–Trinajstić information content (AvgIpc) is 2.76. The standard InChI is InChI=1S/C26H34N2O4/c1-6-26(27(4)5,15-20-7-9-22(10-8-20)25(30)31)24(29)21-11-13-23(14-12-21)28-16-18(2)32-19(3)17-28/h7-14,18-19H,6,15-17H2,1-5H3,(H,30,31). The molecule has 0 aromatic heterocycles. The molecule has 3 atom stereocenters. The van der Waals surface area contributed by atoms with Crippen LogP contribution in [-0.2, 0) is 11.2 Å². The first kappa shape index (κ1) is 24.0. The van der Waals surface area contributed by atoms with Crippen molar-refractivity contribution in [3.63, 3.8) is 0 Å². The fraction of sp³-hybridized carbons (Fsp3) is 0.462. The Morgan fingerprint density at radius 3 is 2.00 bits per heavy atom. The summed E-state index contributed by atoms with van der Waals surface area (Å²) in [7, 11) is 3.86. The van der Waals surface area contributed by atoms with E-state index in [2.05, 4.69) is 18.7 Å². The van der Waals surface area contributed by atoms with E-state index in [1.54, 1.807) is 24.3 Å². The van der Waals surface area contributed by atoms with E-state index in [1.807, 2.05) is 50.2 Å². The molecule has 1 fully saturated rings. The molecule has 3 rings (SSSR count). The molecule has 1 aliphatic rings. The molecule has 6 nitrogen and oxygen atoms in total. The highest BCUT2D eigenvalue weighted by atomic mass is 16.5. The lowest BCUT2D eigenvalue weighted by atomic mass is 9.80. The number of hydrogen-bond acceptors (Lipinski definition) is 5. The first-order valence-electron chi connectivity index (χ1n) is 11.2. The van der Waals surface area contributed by atoms with Crippen molar-refractivity contribution in [3.8, 4) is 0 Å². The fourth-order valence-electron chi connectivity index (χ4n) is 4.63. The summed E-state index contributed by atoms with van der Waals surface area (Å²) in [6, 6.07) is 14.7. The fourth-order valence-corrected chi connectivity index (χ4v) is 4.63. The molecule has 0 spiro atoms. The van der Waals surface area contributed by atoms with E-state index in [4.69, 9.17) is 9.84 Å². The summed E-state index contributed by atoms with van der Waals surface area (Å²) in [6.07, 6.45) is 1.50. The van der Waals surface area contributed by atoms with E-state index >= 15 is 0 Å². The maximum Gasteiger partial charge on any atom is 0.335 e. The zero-order valence-electron chi connectivity index (χ0n) is 19.7. The zero-order valence-corrected chi connectivity index (χ0v) is 19.7. The van der Waals surface area contributed by atoms with Crippen molar-refractivity contribution in [1.82, 2.24) is 4.90 Å². The van der Waals surface area contributed by atoms with E-state index in [0.29, 0.717) is 18.4 Å². The number of carboxylic acid groups (broad SMARTS) is 1. The molecule has 0 radical (unpaired) electrons. The smallest absolute Gasteiger partial charge is 0.335 e. The minimum atomic E-state index is -0.953. The predicted octanol–water partition coefficient (Wildman–Crippen LogP) is 4.13. The minimum Gasteiger partial charge on any atom is -0.478 e. The lowest BCUT2D eigenvalue weighted by Gasteiger charge is -2.39. The molecule has 3 unspecified atom stereocenters. The van der Waals surface area contributed by atoms with E-state index < -0.39 is 11.5 Å². The van der Waals surface area contributed by atoms with Crippen molar-refractivity contribution >= 4 is 17.4 Å². The number of hydrogen-bond donors (Lipinski definition) is 1. The molecule has 6 heteroatoms. The second-order valence-corrected chi connectivity index (χ2v) is 9.00. The Balaban J connectivity index is 1.84. The van der Waals surface area contributed by atoms with Crippen LogP contribution in [0.2, 0.25) is 0 Å². The average molecular weight is 439 g/mol. The van der Waals surface area contributed by atoms with Gasteiger partial charge < -0.3 is 14.7 Å². The number of carbonyl (C=O) groups is 2. The molecule has 1 aliphatic heterocycles. The second-order valence-electron chi connectivity index (χ2n) is 9.00. The molecule has 1 heterocycles. The number of rotatable bonds is 8. The minimum absolute atomic E-state index is 0.0718. The van der Waals surface area contributed by atoms with Gasteiger partial charge in [-0.3, -0.25) is 9.69 Å². The van der Waals surface area contributed by atoms with Crippen molar-refractivity contribution in [2.45, 2.75) is 51.4 Å². The third-order valence-electron chi connectivity index (χ3n) is 6.48. The highest BCUT2D eigenvalue weighted by Crippen LogP contribution is 2.29. The van der Waals surface area contributed by atoms with Crippen LogP contribution in [-0.4, -0.2) is 66.7 Å². The van der Waals surface area contributed by atoms with Gasteiger partial charge in [-0.15, -0.1) is 0 Å². The largest absolute Gasteiger partial charge is 0.478 e. The van der Waals surface area contributed by atoms with Crippen LogP contribution in [0, 0.1) is 0 Å². The van der Waals surface area contributed by atoms with Crippen LogP contribution in [0.3, 0.4) is 0 Å². The van der Waals surface area contributed by atoms with Crippen LogP contribution >= 0.6 is 0 Å². The number of carboxylic acids is 1. The molecule has 0 amide bonds. The number of likely N-dealkylation sites (N-methyl/N-ethyl adjacent to an activating group) is 1. The number of ether oxygens (including phenoxy) is 1. The van der Waals surface area contributed by atoms with E-state index in [9.17, 15) is 9.59 Å². The summed E-state index contributed by atoms with van der Waals surface area (Å²) in [5.74, 6) is -0.881. The van der Waals surface area contributed by atoms with Crippen LogP contribution in [0.5, 0.6) is 0 Å². The van der Waals surface area contributed by atoms with Gasteiger partial charge in [0.15, 0.2) is 5.78 Å². The van der Waals surface area contributed by atoms with Crippen LogP contribution in [0.1, 0.15) is 53.5 Å². The molecule has 2 aromatic rings. The quantitative estimate of drug-likeness (QED) is 0.625. The number of ketones is 1. The summed E-state index contributed by atoms with van der Waals surface area (Å²) in [6.45, 7) is 7.85. The molecular weight excluding hydrogens is 404 g/mol. The molecule has 172 valence electrons. The summed E-state index contributed by atoms with van der Waals surface area (Å²) in [5.41, 5.74) is 2.25. The third-order valence-corrected chi connectivity index (χ3v) is 6.48. The maximum atomic E-state index is 13.7. The summed E-state index contributed by atoms with van der Waals surface area (Å²) in [5, 5.41) is 9.15. The van der Waals surface area contributed by atoms with Gasteiger partial charge in [-0.1, -0.05) is 19.1 Å². The summed E-state index contributed by atoms with van der Waals surface area (Å²) in [4.78, 5) is 29.2. The van der Waals surface area contributed by atoms with Gasteiger partial charge >= 0.3 is 5.97 Å². The van der Waals surface area contributed by atoms with Gasteiger partial charge in [-0.05, 0) is 82.7 Å². The molecule has 32 heavy (non-hydrogen) atoms. The van der Waals surface area contributed by atoms with Crippen LogP contribution < -0.4 is 4.90 Å². The van der Waals surface area contributed by atoms with Gasteiger partial charge in [0, 0.05) is 24.3 Å².